The predicted octanol–water partition coefficient (Wildman–Crippen LogP) is 3.03. The van der Waals surface area contributed by atoms with E-state index in [1.165, 1.54) is 6.42 Å². The van der Waals surface area contributed by atoms with Crippen molar-refractivity contribution in [2.45, 2.75) is 26.8 Å². The maximum Gasteiger partial charge on any atom is 0.123 e. The highest BCUT2D eigenvalue weighted by molar-refractivity contribution is 5.53. The summed E-state index contributed by atoms with van der Waals surface area (Å²) in [5, 5.41) is 3.27. The molecular weight excluding hydrogens is 227 g/mol. The third-order valence-corrected chi connectivity index (χ3v) is 3.80. The summed E-state index contributed by atoms with van der Waals surface area (Å²) in [4.78, 5) is 2.26. The van der Waals surface area contributed by atoms with Gasteiger partial charge in [0, 0.05) is 25.8 Å². The summed E-state index contributed by atoms with van der Waals surface area (Å²) < 4.78 is 13.3. The van der Waals surface area contributed by atoms with E-state index in [0.29, 0.717) is 0 Å². The molecule has 0 spiro atoms. The first-order valence-corrected chi connectivity index (χ1v) is 6.82. The molecule has 0 aromatic heterocycles. The van der Waals surface area contributed by atoms with Crippen molar-refractivity contribution in [2.24, 2.45) is 11.8 Å². The van der Waals surface area contributed by atoms with Crippen LogP contribution < -0.4 is 10.2 Å². The first-order chi connectivity index (χ1) is 8.61. The van der Waals surface area contributed by atoms with Gasteiger partial charge in [0.1, 0.15) is 5.82 Å². The molecule has 0 aliphatic heterocycles. The molecule has 1 N–H and O–H groups in total. The third-order valence-electron chi connectivity index (χ3n) is 3.80. The van der Waals surface area contributed by atoms with E-state index in [1.54, 1.807) is 12.1 Å². The zero-order valence-electron chi connectivity index (χ0n) is 11.5. The number of nitrogens with zero attached hydrogens (tertiary/aromatic N) is 1. The minimum atomic E-state index is -0.153. The molecule has 1 fully saturated rings. The second-order valence-corrected chi connectivity index (χ2v) is 5.41. The van der Waals surface area contributed by atoms with Crippen LogP contribution in [0.5, 0.6) is 0 Å². The van der Waals surface area contributed by atoms with Gasteiger partial charge in [-0.2, -0.15) is 0 Å². The molecule has 2 unspecified atom stereocenters. The molecule has 0 bridgehead atoms. The highest BCUT2D eigenvalue weighted by Crippen LogP contribution is 2.39. The van der Waals surface area contributed by atoms with E-state index in [4.69, 9.17) is 0 Å². The van der Waals surface area contributed by atoms with Gasteiger partial charge in [0.15, 0.2) is 0 Å². The van der Waals surface area contributed by atoms with Gasteiger partial charge in [0.2, 0.25) is 0 Å². The molecule has 18 heavy (non-hydrogen) atoms. The second-order valence-electron chi connectivity index (χ2n) is 5.41. The quantitative estimate of drug-likeness (QED) is 0.835. The predicted molar refractivity (Wildman–Crippen MR) is 74.3 cm³/mol. The molecule has 2 atom stereocenters. The van der Waals surface area contributed by atoms with E-state index in [1.807, 2.05) is 6.07 Å². The molecule has 2 rings (SSSR count). The molecule has 1 aromatic carbocycles. The van der Waals surface area contributed by atoms with Crippen LogP contribution in [-0.4, -0.2) is 20.1 Å². The number of hydrogen-bond donors (Lipinski definition) is 1. The lowest BCUT2D eigenvalue weighted by atomic mass is 10.1. The van der Waals surface area contributed by atoms with Crippen molar-refractivity contribution in [3.05, 3.63) is 29.6 Å². The van der Waals surface area contributed by atoms with Gasteiger partial charge < -0.3 is 10.2 Å². The first-order valence-electron chi connectivity index (χ1n) is 6.82. The van der Waals surface area contributed by atoms with Gasteiger partial charge in [-0.05, 0) is 48.6 Å². The van der Waals surface area contributed by atoms with Crippen LogP contribution in [0.15, 0.2) is 18.2 Å². The molecule has 1 saturated carbocycles. The summed E-state index contributed by atoms with van der Waals surface area (Å²) in [5.74, 6) is 1.51. The number of benzene rings is 1. The molecule has 0 heterocycles. The Morgan fingerprint density at radius 3 is 2.78 bits per heavy atom. The fourth-order valence-corrected chi connectivity index (χ4v) is 2.43. The smallest absolute Gasteiger partial charge is 0.123 e. The van der Waals surface area contributed by atoms with Crippen LogP contribution in [0.1, 0.15) is 25.8 Å². The van der Waals surface area contributed by atoms with Crippen LogP contribution in [0.25, 0.3) is 0 Å². The van der Waals surface area contributed by atoms with Crippen molar-refractivity contribution in [3.8, 4) is 0 Å². The summed E-state index contributed by atoms with van der Waals surface area (Å²) in [6.07, 6.45) is 1.33. The molecule has 3 heteroatoms. The summed E-state index contributed by atoms with van der Waals surface area (Å²) in [6, 6.07) is 5.09. The van der Waals surface area contributed by atoms with Crippen LogP contribution in [0.4, 0.5) is 10.1 Å². The Kier molecular flexibility index (Phi) is 4.23. The molecule has 0 saturated heterocycles. The topological polar surface area (TPSA) is 15.3 Å². The Morgan fingerprint density at radius 2 is 2.17 bits per heavy atom. The number of rotatable bonds is 6. The number of hydrogen-bond acceptors (Lipinski definition) is 2. The van der Waals surface area contributed by atoms with E-state index >= 15 is 0 Å². The van der Waals surface area contributed by atoms with E-state index in [-0.39, 0.29) is 5.82 Å². The Balaban J connectivity index is 2.09. The maximum absolute atomic E-state index is 13.3. The van der Waals surface area contributed by atoms with Crippen LogP contribution in [0.3, 0.4) is 0 Å². The molecule has 100 valence electrons. The van der Waals surface area contributed by atoms with Crippen molar-refractivity contribution in [3.63, 3.8) is 0 Å². The largest absolute Gasteiger partial charge is 0.374 e. The average Bonchev–Trinajstić information content (AvgIpc) is 3.02. The third kappa shape index (κ3) is 3.22. The van der Waals surface area contributed by atoms with Gasteiger partial charge >= 0.3 is 0 Å². The molecule has 2 nitrogen and oxygen atoms in total. The summed E-state index contributed by atoms with van der Waals surface area (Å²) in [7, 11) is 2.10. The molecular formula is C15H23FN2. The highest BCUT2D eigenvalue weighted by atomic mass is 19.1. The van der Waals surface area contributed by atoms with Gasteiger partial charge in [-0.25, -0.2) is 4.39 Å². The maximum atomic E-state index is 13.3. The van der Waals surface area contributed by atoms with Gasteiger partial charge in [-0.1, -0.05) is 13.8 Å². The van der Waals surface area contributed by atoms with Gasteiger partial charge in [-0.15, -0.1) is 0 Å². The van der Waals surface area contributed by atoms with Crippen molar-refractivity contribution in [2.75, 3.05) is 25.0 Å². The van der Waals surface area contributed by atoms with Crippen LogP contribution in [0.2, 0.25) is 0 Å². The van der Waals surface area contributed by atoms with Crippen LogP contribution in [-0.2, 0) is 6.54 Å². The van der Waals surface area contributed by atoms with E-state index in [0.717, 1.165) is 42.7 Å². The molecule has 1 aliphatic rings. The second kappa shape index (κ2) is 5.70. The summed E-state index contributed by atoms with van der Waals surface area (Å²) in [5.41, 5.74) is 2.20. The molecule has 1 aliphatic carbocycles. The lowest BCUT2D eigenvalue weighted by Crippen LogP contribution is -2.23. The number of anilines is 1. The number of halogens is 1. The van der Waals surface area contributed by atoms with Gasteiger partial charge in [0.05, 0.1) is 0 Å². The van der Waals surface area contributed by atoms with Gasteiger partial charge in [0.25, 0.3) is 0 Å². The van der Waals surface area contributed by atoms with Crippen LogP contribution in [0, 0.1) is 17.7 Å². The monoisotopic (exact) mass is 250 g/mol. The van der Waals surface area contributed by atoms with Crippen molar-refractivity contribution in [1.82, 2.24) is 5.32 Å². The van der Waals surface area contributed by atoms with Crippen molar-refractivity contribution < 1.29 is 4.39 Å². The summed E-state index contributed by atoms with van der Waals surface area (Å²) in [6.45, 7) is 7.07. The first kappa shape index (κ1) is 13.3. The standard InChI is InChI=1S/C15H23FN2/c1-4-17-9-12-8-14(16)5-6-15(12)18(3)10-13-7-11(13)2/h5-6,8,11,13,17H,4,7,9-10H2,1-3H3. The van der Waals surface area contributed by atoms with Crippen LogP contribution >= 0.6 is 0 Å². The average molecular weight is 250 g/mol. The molecule has 0 amide bonds. The van der Waals surface area contributed by atoms with Crippen molar-refractivity contribution in [1.29, 1.82) is 0 Å². The number of nitrogens with one attached hydrogen (secondary N) is 1. The fraction of sp³-hybridized carbons (Fsp3) is 0.600. The zero-order valence-corrected chi connectivity index (χ0v) is 11.5. The normalized spacial score (nSPS) is 22.0. The van der Waals surface area contributed by atoms with Crippen molar-refractivity contribution >= 4 is 5.69 Å². The summed E-state index contributed by atoms with van der Waals surface area (Å²) >= 11 is 0. The zero-order chi connectivity index (χ0) is 13.1. The molecule has 0 radical (unpaired) electrons. The Hall–Kier alpha value is -1.09. The minimum Gasteiger partial charge on any atom is -0.374 e. The Morgan fingerprint density at radius 1 is 1.44 bits per heavy atom. The Labute approximate surface area is 109 Å². The Bertz CT molecular complexity index is 405. The minimum absolute atomic E-state index is 0.153. The molecule has 1 aromatic rings. The van der Waals surface area contributed by atoms with E-state index in [2.05, 4.69) is 31.1 Å². The van der Waals surface area contributed by atoms with E-state index < -0.39 is 0 Å². The van der Waals surface area contributed by atoms with E-state index in [9.17, 15) is 4.39 Å². The fourth-order valence-electron chi connectivity index (χ4n) is 2.43. The SMILES string of the molecule is CCNCc1cc(F)ccc1N(C)CC1CC1C. The highest BCUT2D eigenvalue weighted by Gasteiger charge is 2.33. The lowest BCUT2D eigenvalue weighted by molar-refractivity contribution is 0.620. The lowest BCUT2D eigenvalue weighted by Gasteiger charge is -2.23. The van der Waals surface area contributed by atoms with Gasteiger partial charge in [-0.3, -0.25) is 0 Å².